The summed E-state index contributed by atoms with van der Waals surface area (Å²) in [6, 6.07) is 4.66. The number of phenols is 1. The van der Waals surface area contributed by atoms with E-state index in [4.69, 9.17) is 15.7 Å². The fraction of sp³-hybridized carbons (Fsp3) is 0.385. The molecule has 0 atom stereocenters. The molecule has 0 saturated heterocycles. The van der Waals surface area contributed by atoms with E-state index in [1.807, 2.05) is 6.92 Å². The Morgan fingerprint density at radius 1 is 1.50 bits per heavy atom. The van der Waals surface area contributed by atoms with Crippen LogP contribution in [-0.2, 0) is 0 Å². The molecule has 0 aliphatic heterocycles. The molecule has 0 spiro atoms. The van der Waals surface area contributed by atoms with Crippen molar-refractivity contribution in [2.75, 3.05) is 20.2 Å². The van der Waals surface area contributed by atoms with Crippen molar-refractivity contribution in [1.29, 1.82) is 0 Å². The Morgan fingerprint density at radius 3 is 2.75 bits per heavy atom. The number of para-hydroxylation sites is 1. The van der Waals surface area contributed by atoms with E-state index in [-0.39, 0.29) is 29.4 Å². The van der Waals surface area contributed by atoms with Gasteiger partial charge in [0.1, 0.15) is 0 Å². The summed E-state index contributed by atoms with van der Waals surface area (Å²) in [5.74, 6) is -0.485. The van der Waals surface area contributed by atoms with Crippen LogP contribution in [0, 0.1) is 0 Å². The van der Waals surface area contributed by atoms with Gasteiger partial charge in [-0.25, -0.2) is 0 Å². The average Bonchev–Trinajstić information content (AvgIpc) is 2.46. The third-order valence-corrected chi connectivity index (χ3v) is 2.71. The molecule has 7 heteroatoms. The highest BCUT2D eigenvalue weighted by molar-refractivity contribution is 5.99. The molecular formula is C13H19N3O4. The van der Waals surface area contributed by atoms with E-state index >= 15 is 0 Å². The number of benzene rings is 1. The minimum atomic E-state index is -0.408. The Hall–Kier alpha value is -2.44. The molecule has 1 amide bonds. The quantitative estimate of drug-likeness (QED) is 0.312. The van der Waals surface area contributed by atoms with Gasteiger partial charge in [0.25, 0.3) is 5.91 Å². The Balaban J connectivity index is 3.06. The van der Waals surface area contributed by atoms with Crippen molar-refractivity contribution < 1.29 is 19.8 Å². The molecule has 0 heterocycles. The molecule has 0 aromatic heterocycles. The second-order valence-corrected chi connectivity index (χ2v) is 4.17. The molecular weight excluding hydrogens is 262 g/mol. The smallest absolute Gasteiger partial charge is 0.258 e. The summed E-state index contributed by atoms with van der Waals surface area (Å²) < 4.78 is 4.97. The normalized spacial score (nSPS) is 11.2. The lowest BCUT2D eigenvalue weighted by Crippen LogP contribution is -2.39. The highest BCUT2D eigenvalue weighted by Crippen LogP contribution is 2.30. The number of nitrogens with zero attached hydrogens (tertiary/aromatic N) is 2. The number of ether oxygens (including phenoxy) is 1. The number of phenolic OH excluding ortho intramolecular Hbond substituents is 1. The van der Waals surface area contributed by atoms with Gasteiger partial charge in [0.15, 0.2) is 17.3 Å². The van der Waals surface area contributed by atoms with Crippen LogP contribution < -0.4 is 10.5 Å². The lowest BCUT2D eigenvalue weighted by Gasteiger charge is -2.22. The van der Waals surface area contributed by atoms with Crippen molar-refractivity contribution in [2.24, 2.45) is 10.9 Å². The zero-order valence-corrected chi connectivity index (χ0v) is 11.5. The second-order valence-electron chi connectivity index (χ2n) is 4.17. The molecule has 0 fully saturated rings. The number of rotatable bonds is 6. The fourth-order valence-electron chi connectivity index (χ4n) is 1.78. The molecule has 1 aromatic carbocycles. The highest BCUT2D eigenvalue weighted by atomic mass is 16.5. The number of oxime groups is 1. The number of aromatic hydroxyl groups is 1. The molecule has 0 aliphatic rings. The highest BCUT2D eigenvalue weighted by Gasteiger charge is 2.21. The number of carbonyl (C=O) groups excluding carboxylic acids is 1. The van der Waals surface area contributed by atoms with Crippen molar-refractivity contribution in [3.63, 3.8) is 0 Å². The summed E-state index contributed by atoms with van der Waals surface area (Å²) in [6.45, 7) is 2.31. The summed E-state index contributed by atoms with van der Waals surface area (Å²) in [5, 5.41) is 21.4. The number of amidine groups is 1. The number of nitrogens with two attached hydrogens (primary N) is 1. The summed E-state index contributed by atoms with van der Waals surface area (Å²) >= 11 is 0. The summed E-state index contributed by atoms with van der Waals surface area (Å²) in [7, 11) is 1.41. The SMILES string of the molecule is CCCN(CC(N)=NO)C(=O)c1cccc(OC)c1O. The van der Waals surface area contributed by atoms with Crippen molar-refractivity contribution in [1.82, 2.24) is 4.90 Å². The minimum Gasteiger partial charge on any atom is -0.504 e. The van der Waals surface area contributed by atoms with Gasteiger partial charge in [0, 0.05) is 6.54 Å². The van der Waals surface area contributed by atoms with Crippen LogP contribution in [0.25, 0.3) is 0 Å². The zero-order chi connectivity index (χ0) is 15.1. The molecule has 4 N–H and O–H groups in total. The maximum Gasteiger partial charge on any atom is 0.258 e. The van der Waals surface area contributed by atoms with Crippen LogP contribution in [0.3, 0.4) is 0 Å². The van der Waals surface area contributed by atoms with E-state index in [1.54, 1.807) is 12.1 Å². The first-order valence-electron chi connectivity index (χ1n) is 6.16. The monoisotopic (exact) mass is 281 g/mol. The molecule has 1 aromatic rings. The number of methoxy groups -OCH3 is 1. The van der Waals surface area contributed by atoms with E-state index in [2.05, 4.69) is 5.16 Å². The standard InChI is InChI=1S/C13H19N3O4/c1-3-7-16(8-11(14)15-19)13(18)9-5-4-6-10(20-2)12(9)17/h4-6,17,19H,3,7-8H2,1-2H3,(H2,14,15). The van der Waals surface area contributed by atoms with Crippen LogP contribution in [0.1, 0.15) is 23.7 Å². The van der Waals surface area contributed by atoms with Crippen LogP contribution in [0.2, 0.25) is 0 Å². The molecule has 0 radical (unpaired) electrons. The molecule has 20 heavy (non-hydrogen) atoms. The maximum absolute atomic E-state index is 12.4. The van der Waals surface area contributed by atoms with Crippen LogP contribution in [0.15, 0.2) is 23.4 Å². The van der Waals surface area contributed by atoms with Crippen molar-refractivity contribution in [3.05, 3.63) is 23.8 Å². The van der Waals surface area contributed by atoms with Crippen molar-refractivity contribution >= 4 is 11.7 Å². The van der Waals surface area contributed by atoms with Gasteiger partial charge in [-0.1, -0.05) is 18.1 Å². The largest absolute Gasteiger partial charge is 0.504 e. The summed E-state index contributed by atoms with van der Waals surface area (Å²) in [6.07, 6.45) is 0.704. The first-order chi connectivity index (χ1) is 9.54. The molecule has 0 unspecified atom stereocenters. The van der Waals surface area contributed by atoms with Gasteiger partial charge in [-0.2, -0.15) is 0 Å². The third kappa shape index (κ3) is 3.53. The summed E-state index contributed by atoms with van der Waals surface area (Å²) in [5.41, 5.74) is 5.55. The Bertz CT molecular complexity index is 502. The Kier molecular flexibility index (Phi) is 5.64. The van der Waals surface area contributed by atoms with Gasteiger partial charge in [0.2, 0.25) is 0 Å². The van der Waals surface area contributed by atoms with Gasteiger partial charge in [-0.05, 0) is 18.6 Å². The van der Waals surface area contributed by atoms with E-state index < -0.39 is 5.91 Å². The average molecular weight is 281 g/mol. The topological polar surface area (TPSA) is 108 Å². The van der Waals surface area contributed by atoms with Crippen LogP contribution >= 0.6 is 0 Å². The van der Waals surface area contributed by atoms with Crippen molar-refractivity contribution in [3.8, 4) is 11.5 Å². The van der Waals surface area contributed by atoms with E-state index in [0.29, 0.717) is 13.0 Å². The number of hydrogen-bond donors (Lipinski definition) is 3. The Labute approximate surface area is 117 Å². The van der Waals surface area contributed by atoms with Gasteiger partial charge < -0.3 is 25.7 Å². The van der Waals surface area contributed by atoms with Gasteiger partial charge in [-0.15, -0.1) is 0 Å². The molecule has 0 aliphatic carbocycles. The van der Waals surface area contributed by atoms with E-state index in [0.717, 1.165) is 0 Å². The molecule has 110 valence electrons. The third-order valence-electron chi connectivity index (χ3n) is 2.71. The number of amides is 1. The molecule has 1 rings (SSSR count). The molecule has 0 saturated carbocycles. The maximum atomic E-state index is 12.4. The second kappa shape index (κ2) is 7.22. The van der Waals surface area contributed by atoms with Crippen molar-refractivity contribution in [2.45, 2.75) is 13.3 Å². The lowest BCUT2D eigenvalue weighted by molar-refractivity contribution is 0.0774. The Morgan fingerprint density at radius 2 is 2.20 bits per heavy atom. The minimum absolute atomic E-state index is 0.0141. The number of carbonyl (C=O) groups is 1. The van der Waals surface area contributed by atoms with Crippen LogP contribution in [0.5, 0.6) is 11.5 Å². The van der Waals surface area contributed by atoms with Gasteiger partial charge in [-0.3, -0.25) is 4.79 Å². The molecule has 0 bridgehead atoms. The summed E-state index contributed by atoms with van der Waals surface area (Å²) in [4.78, 5) is 13.8. The van der Waals surface area contributed by atoms with E-state index in [9.17, 15) is 9.90 Å². The van der Waals surface area contributed by atoms with E-state index in [1.165, 1.54) is 18.1 Å². The van der Waals surface area contributed by atoms with Crippen LogP contribution in [0.4, 0.5) is 0 Å². The van der Waals surface area contributed by atoms with Crippen LogP contribution in [-0.4, -0.2) is 47.2 Å². The first-order valence-corrected chi connectivity index (χ1v) is 6.16. The number of hydrogen-bond acceptors (Lipinski definition) is 5. The van der Waals surface area contributed by atoms with Gasteiger partial charge >= 0.3 is 0 Å². The molecule has 7 nitrogen and oxygen atoms in total. The zero-order valence-electron chi connectivity index (χ0n) is 11.5. The predicted molar refractivity (Wildman–Crippen MR) is 74.3 cm³/mol. The fourth-order valence-corrected chi connectivity index (χ4v) is 1.78. The predicted octanol–water partition coefficient (Wildman–Crippen LogP) is 0.999. The lowest BCUT2D eigenvalue weighted by atomic mass is 10.1. The van der Waals surface area contributed by atoms with Gasteiger partial charge in [0.05, 0.1) is 19.2 Å². The first kappa shape index (κ1) is 15.6.